The number of hydrogen-bond acceptors (Lipinski definition) is 3. The van der Waals surface area contributed by atoms with Crippen molar-refractivity contribution in [3.8, 4) is 0 Å². The average Bonchev–Trinajstić information content (AvgIpc) is 2.41. The van der Waals surface area contributed by atoms with Gasteiger partial charge >= 0.3 is 5.97 Å². The van der Waals surface area contributed by atoms with Crippen LogP contribution in [0.15, 0.2) is 18.2 Å². The third kappa shape index (κ3) is 5.41. The molecular formula is C15H21FN2O3. The number of carbonyl (C=O) groups excluding carboxylic acids is 1. The molecule has 0 aliphatic heterocycles. The zero-order chi connectivity index (χ0) is 16.0. The van der Waals surface area contributed by atoms with Crippen molar-refractivity contribution in [2.75, 3.05) is 5.73 Å². The first-order valence-electron chi connectivity index (χ1n) is 6.90. The fraction of sp³-hybridized carbons (Fsp3) is 0.467. The second kappa shape index (κ2) is 7.61. The Balaban J connectivity index is 2.47. The number of carboxylic acids is 1. The van der Waals surface area contributed by atoms with Gasteiger partial charge in [-0.1, -0.05) is 13.3 Å². The standard InChI is InChI=1S/C15H21FN2O3/c1-9(15(20)21)4-3-5-10(2)18-14(19)12-8-11(16)6-7-13(12)17/h6-10H,3-5,17H2,1-2H3,(H,18,19)(H,20,21). The SMILES string of the molecule is CC(CCCC(C)C(=O)O)NC(=O)c1cc(F)ccc1N. The number of halogens is 1. The van der Waals surface area contributed by atoms with Gasteiger partial charge in [-0.2, -0.15) is 0 Å². The Bertz CT molecular complexity index is 520. The molecule has 6 heteroatoms. The second-order valence-electron chi connectivity index (χ2n) is 5.28. The number of amides is 1. The molecule has 0 aliphatic carbocycles. The van der Waals surface area contributed by atoms with E-state index in [-0.39, 0.29) is 17.3 Å². The van der Waals surface area contributed by atoms with Crippen LogP contribution in [0.1, 0.15) is 43.5 Å². The Hall–Kier alpha value is -2.11. The minimum Gasteiger partial charge on any atom is -0.481 e. The van der Waals surface area contributed by atoms with E-state index < -0.39 is 23.6 Å². The lowest BCUT2D eigenvalue weighted by molar-refractivity contribution is -0.141. The monoisotopic (exact) mass is 296 g/mol. The summed E-state index contributed by atoms with van der Waals surface area (Å²) in [4.78, 5) is 22.7. The number of nitrogen functional groups attached to an aromatic ring is 1. The van der Waals surface area contributed by atoms with Crippen molar-refractivity contribution in [1.82, 2.24) is 5.32 Å². The molecule has 2 unspecified atom stereocenters. The van der Waals surface area contributed by atoms with Crippen LogP contribution in [0.4, 0.5) is 10.1 Å². The van der Waals surface area contributed by atoms with E-state index in [1.807, 2.05) is 6.92 Å². The highest BCUT2D eigenvalue weighted by molar-refractivity contribution is 5.99. The Labute approximate surface area is 123 Å². The minimum atomic E-state index is -0.820. The summed E-state index contributed by atoms with van der Waals surface area (Å²) in [7, 11) is 0. The highest BCUT2D eigenvalue weighted by atomic mass is 19.1. The van der Waals surface area contributed by atoms with E-state index in [0.29, 0.717) is 19.3 Å². The van der Waals surface area contributed by atoms with Gasteiger partial charge < -0.3 is 16.2 Å². The van der Waals surface area contributed by atoms with Gasteiger partial charge in [0.2, 0.25) is 0 Å². The summed E-state index contributed by atoms with van der Waals surface area (Å²) >= 11 is 0. The zero-order valence-corrected chi connectivity index (χ0v) is 12.2. The molecule has 21 heavy (non-hydrogen) atoms. The van der Waals surface area contributed by atoms with Gasteiger partial charge in [-0.15, -0.1) is 0 Å². The van der Waals surface area contributed by atoms with Crippen LogP contribution < -0.4 is 11.1 Å². The molecule has 4 N–H and O–H groups in total. The van der Waals surface area contributed by atoms with Crippen molar-refractivity contribution in [2.24, 2.45) is 5.92 Å². The Morgan fingerprint density at radius 2 is 2.00 bits per heavy atom. The van der Waals surface area contributed by atoms with Crippen molar-refractivity contribution in [3.63, 3.8) is 0 Å². The summed E-state index contributed by atoms with van der Waals surface area (Å²) in [6.45, 7) is 3.47. The molecule has 1 aromatic rings. The molecule has 0 saturated carbocycles. The fourth-order valence-corrected chi connectivity index (χ4v) is 1.95. The molecule has 2 atom stereocenters. The molecule has 0 heterocycles. The highest BCUT2D eigenvalue weighted by Crippen LogP contribution is 2.14. The summed E-state index contributed by atoms with van der Waals surface area (Å²) in [6.07, 6.45) is 1.89. The van der Waals surface area contributed by atoms with Crippen LogP contribution in [-0.2, 0) is 4.79 Å². The Morgan fingerprint density at radius 3 is 2.62 bits per heavy atom. The van der Waals surface area contributed by atoms with Crippen LogP contribution >= 0.6 is 0 Å². The number of anilines is 1. The second-order valence-corrected chi connectivity index (χ2v) is 5.28. The van der Waals surface area contributed by atoms with E-state index in [9.17, 15) is 14.0 Å². The molecule has 116 valence electrons. The number of carbonyl (C=O) groups is 2. The lowest BCUT2D eigenvalue weighted by atomic mass is 10.0. The van der Waals surface area contributed by atoms with Gasteiger partial charge in [0.05, 0.1) is 11.5 Å². The normalized spacial score (nSPS) is 13.5. The maximum Gasteiger partial charge on any atom is 0.306 e. The number of rotatable bonds is 7. The number of aliphatic carboxylic acids is 1. The van der Waals surface area contributed by atoms with Crippen molar-refractivity contribution < 1.29 is 19.1 Å². The van der Waals surface area contributed by atoms with E-state index in [2.05, 4.69) is 5.32 Å². The van der Waals surface area contributed by atoms with Gasteiger partial charge in [-0.3, -0.25) is 9.59 Å². The number of hydrogen-bond donors (Lipinski definition) is 3. The van der Waals surface area contributed by atoms with E-state index in [1.165, 1.54) is 12.1 Å². The number of carboxylic acid groups (broad SMARTS) is 1. The van der Waals surface area contributed by atoms with Crippen molar-refractivity contribution in [2.45, 2.75) is 39.2 Å². The third-order valence-corrected chi connectivity index (χ3v) is 3.33. The first-order chi connectivity index (χ1) is 9.81. The van der Waals surface area contributed by atoms with Crippen LogP contribution in [-0.4, -0.2) is 23.0 Å². The van der Waals surface area contributed by atoms with Crippen molar-refractivity contribution in [1.29, 1.82) is 0 Å². The fourth-order valence-electron chi connectivity index (χ4n) is 1.95. The molecule has 1 rings (SSSR count). The predicted octanol–water partition coefficient (Wildman–Crippen LogP) is 2.42. The molecule has 0 aliphatic rings. The molecule has 1 amide bonds. The van der Waals surface area contributed by atoms with Gasteiger partial charge in [0.1, 0.15) is 5.82 Å². The van der Waals surface area contributed by atoms with Crippen molar-refractivity contribution in [3.05, 3.63) is 29.6 Å². The molecule has 0 aromatic heterocycles. The van der Waals surface area contributed by atoms with Gasteiger partial charge in [0, 0.05) is 11.7 Å². The van der Waals surface area contributed by atoms with Crippen LogP contribution in [0.3, 0.4) is 0 Å². The molecule has 1 aromatic carbocycles. The minimum absolute atomic E-state index is 0.112. The number of benzene rings is 1. The lowest BCUT2D eigenvalue weighted by Gasteiger charge is -2.15. The predicted molar refractivity (Wildman–Crippen MR) is 78.4 cm³/mol. The molecule has 0 fully saturated rings. The van der Waals surface area contributed by atoms with Gasteiger partial charge in [-0.05, 0) is 38.0 Å². The summed E-state index contributed by atoms with van der Waals surface area (Å²) in [5.74, 6) is -2.16. The lowest BCUT2D eigenvalue weighted by Crippen LogP contribution is -2.33. The van der Waals surface area contributed by atoms with E-state index >= 15 is 0 Å². The van der Waals surface area contributed by atoms with E-state index in [4.69, 9.17) is 10.8 Å². The van der Waals surface area contributed by atoms with Crippen molar-refractivity contribution >= 4 is 17.6 Å². The molecule has 0 radical (unpaired) electrons. The van der Waals surface area contributed by atoms with Gasteiger partial charge in [0.25, 0.3) is 5.91 Å². The molecular weight excluding hydrogens is 275 g/mol. The van der Waals surface area contributed by atoms with Gasteiger partial charge in [-0.25, -0.2) is 4.39 Å². The van der Waals surface area contributed by atoms with Crippen LogP contribution in [0.5, 0.6) is 0 Å². The van der Waals surface area contributed by atoms with Crippen LogP contribution in [0, 0.1) is 11.7 Å². The average molecular weight is 296 g/mol. The molecule has 0 saturated heterocycles. The first-order valence-corrected chi connectivity index (χ1v) is 6.90. The number of nitrogens with two attached hydrogens (primary N) is 1. The molecule has 0 spiro atoms. The number of nitrogens with one attached hydrogen (secondary N) is 1. The zero-order valence-electron chi connectivity index (χ0n) is 12.2. The van der Waals surface area contributed by atoms with Crippen LogP contribution in [0.25, 0.3) is 0 Å². The summed E-state index contributed by atoms with van der Waals surface area (Å²) in [5, 5.41) is 11.5. The maximum absolute atomic E-state index is 13.1. The molecule has 0 bridgehead atoms. The smallest absolute Gasteiger partial charge is 0.306 e. The maximum atomic E-state index is 13.1. The molecule has 5 nitrogen and oxygen atoms in total. The first kappa shape index (κ1) is 16.9. The van der Waals surface area contributed by atoms with E-state index in [0.717, 1.165) is 6.07 Å². The van der Waals surface area contributed by atoms with Gasteiger partial charge in [0.15, 0.2) is 0 Å². The summed E-state index contributed by atoms with van der Waals surface area (Å²) < 4.78 is 13.1. The summed E-state index contributed by atoms with van der Waals surface area (Å²) in [6, 6.07) is 3.51. The Kier molecular flexibility index (Phi) is 6.14. The van der Waals surface area contributed by atoms with E-state index in [1.54, 1.807) is 6.92 Å². The highest BCUT2D eigenvalue weighted by Gasteiger charge is 2.15. The topological polar surface area (TPSA) is 92.4 Å². The largest absolute Gasteiger partial charge is 0.481 e. The van der Waals surface area contributed by atoms with Crippen LogP contribution in [0.2, 0.25) is 0 Å². The summed E-state index contributed by atoms with van der Waals surface area (Å²) in [5.41, 5.74) is 5.98. The Morgan fingerprint density at radius 1 is 1.33 bits per heavy atom. The quantitative estimate of drug-likeness (QED) is 0.674. The third-order valence-electron chi connectivity index (χ3n) is 3.33.